The van der Waals surface area contributed by atoms with Crippen LogP contribution in [0.5, 0.6) is 0 Å². The normalized spacial score (nSPS) is 17.9. The molecule has 0 saturated carbocycles. The van der Waals surface area contributed by atoms with Gasteiger partial charge in [0.2, 0.25) is 0 Å². The molecule has 0 atom stereocenters. The Bertz CT molecular complexity index is 790. The molecule has 3 heterocycles. The van der Waals surface area contributed by atoms with Crippen molar-refractivity contribution in [3.8, 4) is 0 Å². The van der Waals surface area contributed by atoms with Crippen LogP contribution in [0.2, 0.25) is 0 Å². The molecule has 0 bridgehead atoms. The van der Waals surface area contributed by atoms with E-state index in [4.69, 9.17) is 4.42 Å². The van der Waals surface area contributed by atoms with E-state index in [1.807, 2.05) is 6.07 Å². The summed E-state index contributed by atoms with van der Waals surface area (Å²) >= 11 is 1.59. The van der Waals surface area contributed by atoms with Crippen molar-refractivity contribution < 1.29 is 8.81 Å². The van der Waals surface area contributed by atoms with E-state index in [1.54, 1.807) is 23.9 Å². The molecule has 0 aliphatic carbocycles. The van der Waals surface area contributed by atoms with E-state index < -0.39 is 0 Å². The van der Waals surface area contributed by atoms with Crippen molar-refractivity contribution in [3.63, 3.8) is 0 Å². The van der Waals surface area contributed by atoms with Gasteiger partial charge in [-0.15, -0.1) is 0 Å². The van der Waals surface area contributed by atoms with Crippen LogP contribution in [0.15, 0.2) is 51.4 Å². The number of furan rings is 1. The SMILES string of the molecule is C=CC1=C(c2cc(F)c3occc3c2)N2CCN=C2S1. The first-order valence-corrected chi connectivity index (χ1v) is 7.13. The van der Waals surface area contributed by atoms with Gasteiger partial charge in [-0.2, -0.15) is 0 Å². The van der Waals surface area contributed by atoms with Gasteiger partial charge in [0.05, 0.1) is 18.5 Å². The summed E-state index contributed by atoms with van der Waals surface area (Å²) in [6.07, 6.45) is 3.31. The van der Waals surface area contributed by atoms with Crippen molar-refractivity contribution in [2.24, 2.45) is 4.99 Å². The van der Waals surface area contributed by atoms with E-state index in [9.17, 15) is 4.39 Å². The number of allylic oxidation sites excluding steroid dienone is 1. The quantitative estimate of drug-likeness (QED) is 0.839. The van der Waals surface area contributed by atoms with Gasteiger partial charge in [-0.25, -0.2) is 4.39 Å². The van der Waals surface area contributed by atoms with Crippen LogP contribution in [0.3, 0.4) is 0 Å². The molecule has 2 aliphatic heterocycles. The van der Waals surface area contributed by atoms with Gasteiger partial charge in [0.25, 0.3) is 0 Å². The maximum atomic E-state index is 14.1. The summed E-state index contributed by atoms with van der Waals surface area (Å²) in [5, 5.41) is 1.74. The molecule has 100 valence electrons. The molecule has 0 radical (unpaired) electrons. The number of fused-ring (bicyclic) bond motifs is 2. The number of rotatable bonds is 2. The average Bonchev–Trinajstić information content (AvgIpc) is 3.12. The second-order valence-corrected chi connectivity index (χ2v) is 5.64. The molecule has 0 fully saturated rings. The Hall–Kier alpha value is -2.01. The van der Waals surface area contributed by atoms with E-state index in [2.05, 4.69) is 16.5 Å². The topological polar surface area (TPSA) is 28.7 Å². The van der Waals surface area contributed by atoms with Crippen molar-refractivity contribution >= 4 is 33.6 Å². The van der Waals surface area contributed by atoms with E-state index in [1.165, 1.54) is 12.3 Å². The highest BCUT2D eigenvalue weighted by Gasteiger charge is 2.32. The van der Waals surface area contributed by atoms with Gasteiger partial charge in [0, 0.05) is 22.4 Å². The number of nitrogens with zero attached hydrogens (tertiary/aromatic N) is 2. The molecule has 0 amide bonds. The molecule has 1 aromatic carbocycles. The number of hydrogen-bond acceptors (Lipinski definition) is 4. The Morgan fingerprint density at radius 1 is 1.45 bits per heavy atom. The first-order valence-electron chi connectivity index (χ1n) is 6.31. The minimum absolute atomic E-state index is 0.301. The molecule has 20 heavy (non-hydrogen) atoms. The smallest absolute Gasteiger partial charge is 0.169 e. The van der Waals surface area contributed by atoms with Crippen LogP contribution in [0.4, 0.5) is 4.39 Å². The lowest BCUT2D eigenvalue weighted by Gasteiger charge is -2.17. The lowest BCUT2D eigenvalue weighted by atomic mass is 10.1. The van der Waals surface area contributed by atoms with Crippen LogP contribution in [-0.4, -0.2) is 23.2 Å². The number of benzene rings is 1. The molecular weight excluding hydrogens is 275 g/mol. The monoisotopic (exact) mass is 286 g/mol. The molecule has 5 heteroatoms. The molecule has 2 aliphatic rings. The van der Waals surface area contributed by atoms with Gasteiger partial charge in [-0.05, 0) is 30.0 Å². The second kappa shape index (κ2) is 4.24. The maximum Gasteiger partial charge on any atom is 0.169 e. The third-order valence-electron chi connectivity index (χ3n) is 3.47. The number of aliphatic imine (C=N–C) groups is 1. The molecule has 3 nitrogen and oxygen atoms in total. The van der Waals surface area contributed by atoms with Crippen LogP contribution < -0.4 is 0 Å². The summed E-state index contributed by atoms with van der Waals surface area (Å²) < 4.78 is 19.3. The minimum Gasteiger partial charge on any atom is -0.461 e. The summed E-state index contributed by atoms with van der Waals surface area (Å²) in [7, 11) is 0. The highest BCUT2D eigenvalue weighted by Crippen LogP contribution is 2.42. The number of thioether (sulfide) groups is 1. The third-order valence-corrected chi connectivity index (χ3v) is 4.58. The van der Waals surface area contributed by atoms with Gasteiger partial charge >= 0.3 is 0 Å². The highest BCUT2D eigenvalue weighted by atomic mass is 32.2. The van der Waals surface area contributed by atoms with Gasteiger partial charge in [0.1, 0.15) is 0 Å². The Morgan fingerprint density at radius 2 is 2.35 bits per heavy atom. The summed E-state index contributed by atoms with van der Waals surface area (Å²) in [6, 6.07) is 5.24. The zero-order valence-electron chi connectivity index (χ0n) is 10.6. The standard InChI is InChI=1S/C15H11FN2OS/c1-2-12-13(18-5-4-17-15(18)20-12)10-7-9-3-6-19-14(9)11(16)8-10/h2-3,6-8H,1,4-5H2. The number of halogens is 1. The summed E-state index contributed by atoms with van der Waals surface area (Å²) in [5.41, 5.74) is 2.13. The Balaban J connectivity index is 1.92. The minimum atomic E-state index is -0.340. The van der Waals surface area contributed by atoms with E-state index >= 15 is 0 Å². The fourth-order valence-electron chi connectivity index (χ4n) is 2.61. The number of amidine groups is 1. The Labute approximate surface area is 119 Å². The Kier molecular flexibility index (Phi) is 2.50. The fraction of sp³-hybridized carbons (Fsp3) is 0.133. The molecule has 0 N–H and O–H groups in total. The van der Waals surface area contributed by atoms with Gasteiger partial charge in [-0.3, -0.25) is 4.99 Å². The molecule has 4 rings (SSSR count). The van der Waals surface area contributed by atoms with E-state index in [-0.39, 0.29) is 5.82 Å². The van der Waals surface area contributed by atoms with Gasteiger partial charge in [-0.1, -0.05) is 12.7 Å². The molecule has 0 unspecified atom stereocenters. The van der Waals surface area contributed by atoms with Crippen LogP contribution in [-0.2, 0) is 0 Å². The van der Waals surface area contributed by atoms with E-state index in [0.717, 1.165) is 39.8 Å². The predicted octanol–water partition coefficient (Wildman–Crippen LogP) is 3.84. The predicted molar refractivity (Wildman–Crippen MR) is 79.9 cm³/mol. The largest absolute Gasteiger partial charge is 0.461 e. The first kappa shape index (κ1) is 11.8. The van der Waals surface area contributed by atoms with Crippen molar-refractivity contribution in [1.29, 1.82) is 0 Å². The lowest BCUT2D eigenvalue weighted by Crippen LogP contribution is -2.20. The van der Waals surface area contributed by atoms with Gasteiger partial charge in [0.15, 0.2) is 16.6 Å². The third kappa shape index (κ3) is 1.56. The summed E-state index contributed by atoms with van der Waals surface area (Å²) in [4.78, 5) is 7.60. The molecule has 0 saturated heterocycles. The zero-order chi connectivity index (χ0) is 13.7. The highest BCUT2D eigenvalue weighted by molar-refractivity contribution is 8.17. The zero-order valence-corrected chi connectivity index (χ0v) is 11.4. The van der Waals surface area contributed by atoms with Gasteiger partial charge < -0.3 is 9.32 Å². The number of hydrogen-bond donors (Lipinski definition) is 0. The van der Waals surface area contributed by atoms with Crippen molar-refractivity contribution in [3.05, 3.63) is 53.4 Å². The van der Waals surface area contributed by atoms with Crippen LogP contribution in [0.25, 0.3) is 16.7 Å². The second-order valence-electron chi connectivity index (χ2n) is 4.63. The summed E-state index contributed by atoms with van der Waals surface area (Å²) in [5.74, 6) is -0.340. The molecular formula is C15H11FN2OS. The van der Waals surface area contributed by atoms with Crippen LogP contribution >= 0.6 is 11.8 Å². The first-order chi connectivity index (χ1) is 9.78. The maximum absolute atomic E-state index is 14.1. The van der Waals surface area contributed by atoms with Crippen LogP contribution in [0.1, 0.15) is 5.56 Å². The summed E-state index contributed by atoms with van der Waals surface area (Å²) in [6.45, 7) is 5.47. The van der Waals surface area contributed by atoms with Crippen molar-refractivity contribution in [2.75, 3.05) is 13.1 Å². The molecule has 2 aromatic rings. The van der Waals surface area contributed by atoms with Crippen molar-refractivity contribution in [1.82, 2.24) is 4.90 Å². The molecule has 1 aromatic heterocycles. The molecule has 0 spiro atoms. The van der Waals surface area contributed by atoms with Crippen molar-refractivity contribution in [2.45, 2.75) is 0 Å². The van der Waals surface area contributed by atoms with Crippen LogP contribution in [0, 0.1) is 5.82 Å². The average molecular weight is 286 g/mol. The van der Waals surface area contributed by atoms with E-state index in [0.29, 0.717) is 5.58 Å². The Morgan fingerprint density at radius 3 is 3.20 bits per heavy atom. The lowest BCUT2D eigenvalue weighted by molar-refractivity contribution is 0.559. The fourth-order valence-corrected chi connectivity index (χ4v) is 3.67.